The molecule has 198 valence electrons. The maximum Gasteiger partial charge on any atom is 0.469 e. The van der Waals surface area contributed by atoms with Crippen molar-refractivity contribution in [1.82, 2.24) is 0 Å². The highest BCUT2D eigenvalue weighted by molar-refractivity contribution is 7.46. The topological polar surface area (TPSA) is 160 Å². The summed E-state index contributed by atoms with van der Waals surface area (Å²) in [6, 6.07) is 0. The summed E-state index contributed by atoms with van der Waals surface area (Å²) in [5, 5.41) is 21.9. The molecule has 0 amide bonds. The van der Waals surface area contributed by atoms with E-state index in [1.807, 2.05) is 13.0 Å². The van der Waals surface area contributed by atoms with Crippen LogP contribution in [0.1, 0.15) is 58.3 Å². The summed E-state index contributed by atoms with van der Waals surface area (Å²) in [5.74, 6) is -0.111. The van der Waals surface area contributed by atoms with Crippen LogP contribution in [-0.2, 0) is 18.6 Å². The lowest BCUT2D eigenvalue weighted by molar-refractivity contribution is -0.143. The van der Waals surface area contributed by atoms with Gasteiger partial charge in [0.1, 0.15) is 17.8 Å². The lowest BCUT2D eigenvalue weighted by Gasteiger charge is -2.35. The molecule has 0 unspecified atom stereocenters. The standard InChI is InChI=1S/C25H40NO8P/c1-2-20-12-13-24(28)33-22(20)14-15-25(29,16-17-26)23(34-35(30,31)32)18-21(27)11-7-6-10-19-8-4-3-5-9-19/h6-7,10-15,19-23,27,29H,2-5,8-9,16-18,26H2,1H3,(H2,30,31,32)/b10-6-,11-7-,15-14+/t20-,21-,22-,23-,25-/m0/s1. The zero-order valence-corrected chi connectivity index (χ0v) is 21.2. The van der Waals surface area contributed by atoms with Crippen LogP contribution >= 0.6 is 7.82 Å². The Hall–Kier alpha value is -1.58. The minimum Gasteiger partial charge on any atom is -0.454 e. The Morgan fingerprint density at radius 3 is 2.60 bits per heavy atom. The third-order valence-electron chi connectivity index (χ3n) is 6.50. The highest BCUT2D eigenvalue weighted by Crippen LogP contribution is 2.42. The average molecular weight is 514 g/mol. The molecule has 0 spiro atoms. The second-order valence-electron chi connectivity index (χ2n) is 9.28. The fourth-order valence-corrected chi connectivity index (χ4v) is 5.11. The number of carbonyl (C=O) groups excluding carboxylic acids is 1. The average Bonchev–Trinajstić information content (AvgIpc) is 2.80. The van der Waals surface area contributed by atoms with Crippen LogP contribution in [0.5, 0.6) is 0 Å². The molecule has 1 aliphatic heterocycles. The van der Waals surface area contributed by atoms with Crippen molar-refractivity contribution in [2.24, 2.45) is 17.6 Å². The molecule has 1 heterocycles. The second kappa shape index (κ2) is 14.2. The lowest BCUT2D eigenvalue weighted by atomic mass is 9.86. The first kappa shape index (κ1) is 29.6. The van der Waals surface area contributed by atoms with Crippen molar-refractivity contribution in [3.05, 3.63) is 48.6 Å². The SMILES string of the molecule is CC[C@H]1C=CC(=O)O[C@H]1/C=C/[C@](O)(CCN)[C@H](C[C@@H](O)/C=C\C=C/C1CCCCC1)OP(=O)(O)O. The minimum absolute atomic E-state index is 0.0144. The van der Waals surface area contributed by atoms with Gasteiger partial charge in [-0.3, -0.25) is 4.52 Å². The third kappa shape index (κ3) is 10.5. The number of phosphoric acid groups is 1. The fraction of sp³-hybridized carbons (Fsp3) is 0.640. The van der Waals surface area contributed by atoms with Gasteiger partial charge in [0.05, 0.1) is 6.10 Å². The molecule has 5 atom stereocenters. The first-order chi connectivity index (χ1) is 16.6. The first-order valence-corrected chi connectivity index (χ1v) is 13.9. The maximum absolute atomic E-state index is 11.7. The van der Waals surface area contributed by atoms with E-state index in [4.69, 9.17) is 15.0 Å². The Labute approximate surface area is 207 Å². The van der Waals surface area contributed by atoms with Crippen LogP contribution in [0.4, 0.5) is 0 Å². The summed E-state index contributed by atoms with van der Waals surface area (Å²) in [6.07, 6.45) is 16.0. The number of esters is 1. The summed E-state index contributed by atoms with van der Waals surface area (Å²) >= 11 is 0. The van der Waals surface area contributed by atoms with E-state index in [1.54, 1.807) is 12.2 Å². The van der Waals surface area contributed by atoms with Crippen molar-refractivity contribution in [1.29, 1.82) is 0 Å². The van der Waals surface area contributed by atoms with Gasteiger partial charge < -0.3 is 30.5 Å². The third-order valence-corrected chi connectivity index (χ3v) is 7.03. The summed E-state index contributed by atoms with van der Waals surface area (Å²) in [7, 11) is -5.01. The monoisotopic (exact) mass is 513 g/mol. The summed E-state index contributed by atoms with van der Waals surface area (Å²) in [4.78, 5) is 30.6. The van der Waals surface area contributed by atoms with Crippen LogP contribution in [0.3, 0.4) is 0 Å². The van der Waals surface area contributed by atoms with E-state index in [2.05, 4.69) is 6.08 Å². The van der Waals surface area contributed by atoms with Gasteiger partial charge in [0.15, 0.2) is 0 Å². The van der Waals surface area contributed by atoms with E-state index in [9.17, 15) is 29.4 Å². The number of aliphatic hydroxyl groups excluding tert-OH is 1. The molecule has 0 aromatic carbocycles. The van der Waals surface area contributed by atoms with E-state index in [1.165, 1.54) is 43.6 Å². The lowest BCUT2D eigenvalue weighted by Crippen LogP contribution is -2.45. The van der Waals surface area contributed by atoms with Crippen molar-refractivity contribution in [2.75, 3.05) is 6.54 Å². The number of nitrogens with two attached hydrogens (primary N) is 1. The van der Waals surface area contributed by atoms with Crippen molar-refractivity contribution in [2.45, 2.75) is 82.2 Å². The van der Waals surface area contributed by atoms with Gasteiger partial charge in [0, 0.05) is 18.4 Å². The Balaban J connectivity index is 2.16. The largest absolute Gasteiger partial charge is 0.469 e. The van der Waals surface area contributed by atoms with Crippen LogP contribution in [0, 0.1) is 11.8 Å². The summed E-state index contributed by atoms with van der Waals surface area (Å²) in [6.45, 7) is 1.91. The predicted octanol–water partition coefficient (Wildman–Crippen LogP) is 3.05. The molecule has 2 aliphatic rings. The number of allylic oxidation sites excluding steroid dienone is 3. The van der Waals surface area contributed by atoms with Crippen molar-refractivity contribution in [3.63, 3.8) is 0 Å². The zero-order valence-electron chi connectivity index (χ0n) is 20.3. The normalized spacial score (nSPS) is 25.8. The molecule has 0 saturated heterocycles. The highest BCUT2D eigenvalue weighted by atomic mass is 31.2. The molecule has 1 saturated carbocycles. The molecule has 0 aromatic heterocycles. The molecule has 0 aromatic rings. The molecule has 9 nitrogen and oxygen atoms in total. The number of hydrogen-bond acceptors (Lipinski definition) is 7. The molecule has 35 heavy (non-hydrogen) atoms. The van der Waals surface area contributed by atoms with Crippen molar-refractivity contribution >= 4 is 13.8 Å². The predicted molar refractivity (Wildman–Crippen MR) is 133 cm³/mol. The molecule has 1 fully saturated rings. The van der Waals surface area contributed by atoms with Gasteiger partial charge in [0.2, 0.25) is 0 Å². The smallest absolute Gasteiger partial charge is 0.454 e. The zero-order chi connectivity index (χ0) is 25.9. The number of cyclic esters (lactones) is 1. The molecule has 0 radical (unpaired) electrons. The number of carbonyl (C=O) groups is 1. The van der Waals surface area contributed by atoms with E-state index in [0.29, 0.717) is 12.3 Å². The molecular formula is C25H40NO8P. The van der Waals surface area contributed by atoms with Gasteiger partial charge in [-0.25, -0.2) is 9.36 Å². The minimum atomic E-state index is -5.01. The van der Waals surface area contributed by atoms with Crippen molar-refractivity contribution < 1.29 is 38.6 Å². The Kier molecular flexibility index (Phi) is 12.1. The van der Waals surface area contributed by atoms with Crippen LogP contribution < -0.4 is 5.73 Å². The van der Waals surface area contributed by atoms with Crippen LogP contribution in [0.15, 0.2) is 48.6 Å². The van der Waals surface area contributed by atoms with Gasteiger partial charge in [-0.15, -0.1) is 0 Å². The number of ether oxygens (including phenoxy) is 1. The molecule has 0 bridgehead atoms. The number of aliphatic hydroxyl groups is 2. The molecular weight excluding hydrogens is 473 g/mol. The second-order valence-corrected chi connectivity index (χ2v) is 10.5. The fourth-order valence-electron chi connectivity index (χ4n) is 4.51. The van der Waals surface area contributed by atoms with E-state index in [-0.39, 0.29) is 25.3 Å². The Morgan fingerprint density at radius 2 is 1.97 bits per heavy atom. The maximum atomic E-state index is 11.7. The van der Waals surface area contributed by atoms with Gasteiger partial charge in [-0.2, -0.15) is 0 Å². The van der Waals surface area contributed by atoms with Crippen LogP contribution in [0.2, 0.25) is 0 Å². The van der Waals surface area contributed by atoms with Crippen molar-refractivity contribution in [3.8, 4) is 0 Å². The quantitative estimate of drug-likeness (QED) is 0.108. The molecule has 1 aliphatic carbocycles. The van der Waals surface area contributed by atoms with Gasteiger partial charge in [0.25, 0.3) is 0 Å². The van der Waals surface area contributed by atoms with E-state index < -0.39 is 37.7 Å². The van der Waals surface area contributed by atoms with Crippen LogP contribution in [0.25, 0.3) is 0 Å². The number of hydrogen-bond donors (Lipinski definition) is 5. The first-order valence-electron chi connectivity index (χ1n) is 12.3. The van der Waals surface area contributed by atoms with Gasteiger partial charge >= 0.3 is 13.8 Å². The molecule has 6 N–H and O–H groups in total. The van der Waals surface area contributed by atoms with Gasteiger partial charge in [-0.1, -0.05) is 62.6 Å². The Bertz CT molecular complexity index is 829. The number of phosphoric ester groups is 1. The highest BCUT2D eigenvalue weighted by Gasteiger charge is 2.40. The number of rotatable bonds is 13. The van der Waals surface area contributed by atoms with E-state index in [0.717, 1.165) is 12.8 Å². The summed E-state index contributed by atoms with van der Waals surface area (Å²) in [5.41, 5.74) is 3.75. The van der Waals surface area contributed by atoms with Gasteiger partial charge in [-0.05, 0) is 44.2 Å². The molecule has 10 heteroatoms. The van der Waals surface area contributed by atoms with E-state index >= 15 is 0 Å². The van der Waals surface area contributed by atoms with Crippen LogP contribution in [-0.4, -0.2) is 56.4 Å². The summed E-state index contributed by atoms with van der Waals surface area (Å²) < 4.78 is 21.9. The Morgan fingerprint density at radius 1 is 1.26 bits per heavy atom. The molecule has 2 rings (SSSR count).